The lowest BCUT2D eigenvalue weighted by Crippen LogP contribution is -2.38. The van der Waals surface area contributed by atoms with Gasteiger partial charge in [-0.05, 0) is 37.7 Å². The Bertz CT molecular complexity index is 918. The summed E-state index contributed by atoms with van der Waals surface area (Å²) in [5.74, 6) is 0.604. The first-order valence-electron chi connectivity index (χ1n) is 9.87. The van der Waals surface area contributed by atoms with Gasteiger partial charge in [-0.1, -0.05) is 55.8 Å². The van der Waals surface area contributed by atoms with Crippen molar-refractivity contribution in [2.24, 2.45) is 0 Å². The number of hydrogen-bond acceptors (Lipinski definition) is 4. The molecule has 0 saturated heterocycles. The molecule has 0 spiro atoms. The van der Waals surface area contributed by atoms with Crippen LogP contribution in [0.25, 0.3) is 0 Å². The molecule has 2 aromatic heterocycles. The highest BCUT2D eigenvalue weighted by Gasteiger charge is 2.24. The first kappa shape index (κ1) is 21.1. The van der Waals surface area contributed by atoms with Crippen molar-refractivity contribution < 1.29 is 9.21 Å². The number of carbonyl (C=O) groups excluding carboxylic acids is 1. The summed E-state index contributed by atoms with van der Waals surface area (Å²) >= 11 is 6.52. The zero-order valence-electron chi connectivity index (χ0n) is 17.1. The van der Waals surface area contributed by atoms with E-state index in [1.54, 1.807) is 17.9 Å². The molecule has 0 aliphatic heterocycles. The van der Waals surface area contributed by atoms with Gasteiger partial charge in [-0.2, -0.15) is 5.10 Å². The number of nitrogens with zero attached hydrogens (tertiary/aromatic N) is 3. The van der Waals surface area contributed by atoms with Crippen molar-refractivity contribution in [3.63, 3.8) is 0 Å². The number of carbonyl (C=O) groups is 1. The molecule has 1 atom stereocenters. The van der Waals surface area contributed by atoms with Crippen molar-refractivity contribution in [1.82, 2.24) is 20.0 Å². The van der Waals surface area contributed by atoms with Crippen molar-refractivity contribution in [2.75, 3.05) is 19.6 Å². The summed E-state index contributed by atoms with van der Waals surface area (Å²) in [6, 6.07) is 13.7. The van der Waals surface area contributed by atoms with Crippen molar-refractivity contribution >= 4 is 17.5 Å². The normalized spacial score (nSPS) is 12.3. The Hall–Kier alpha value is -2.57. The summed E-state index contributed by atoms with van der Waals surface area (Å²) in [6.07, 6.45) is 1.66. The molecule has 1 unspecified atom stereocenters. The summed E-state index contributed by atoms with van der Waals surface area (Å²) in [7, 11) is 0. The second-order valence-electron chi connectivity index (χ2n) is 6.86. The van der Waals surface area contributed by atoms with Crippen LogP contribution >= 0.6 is 11.6 Å². The van der Waals surface area contributed by atoms with E-state index in [1.807, 2.05) is 42.5 Å². The van der Waals surface area contributed by atoms with E-state index in [0.717, 1.165) is 24.4 Å². The Morgan fingerprint density at radius 3 is 2.55 bits per heavy atom. The molecule has 0 aliphatic rings. The van der Waals surface area contributed by atoms with Gasteiger partial charge in [0.1, 0.15) is 10.9 Å². The molecule has 3 rings (SSSR count). The average molecular weight is 415 g/mol. The second-order valence-corrected chi connectivity index (χ2v) is 7.21. The van der Waals surface area contributed by atoms with E-state index in [-0.39, 0.29) is 11.9 Å². The van der Waals surface area contributed by atoms with Gasteiger partial charge in [-0.15, -0.1) is 0 Å². The number of nitrogens with one attached hydrogen (secondary N) is 1. The maximum atomic E-state index is 12.9. The Balaban J connectivity index is 1.74. The van der Waals surface area contributed by atoms with Gasteiger partial charge in [0.15, 0.2) is 0 Å². The van der Waals surface area contributed by atoms with Crippen LogP contribution in [0.4, 0.5) is 0 Å². The van der Waals surface area contributed by atoms with Gasteiger partial charge in [0.2, 0.25) is 0 Å². The number of hydrogen-bond donors (Lipinski definition) is 1. The topological polar surface area (TPSA) is 63.3 Å². The Labute approximate surface area is 176 Å². The highest BCUT2D eigenvalue weighted by atomic mass is 35.5. The number of furan rings is 1. The van der Waals surface area contributed by atoms with Crippen molar-refractivity contribution in [2.45, 2.75) is 33.4 Å². The lowest BCUT2D eigenvalue weighted by atomic mass is 10.1. The quantitative estimate of drug-likeness (QED) is 0.567. The van der Waals surface area contributed by atoms with Crippen LogP contribution in [0.1, 0.15) is 47.3 Å². The molecule has 0 aliphatic carbocycles. The minimum Gasteiger partial charge on any atom is -0.468 e. The molecule has 3 aromatic rings. The lowest BCUT2D eigenvalue weighted by Gasteiger charge is -2.28. The monoisotopic (exact) mass is 414 g/mol. The van der Waals surface area contributed by atoms with Gasteiger partial charge in [-0.3, -0.25) is 9.69 Å². The van der Waals surface area contributed by atoms with E-state index in [0.29, 0.717) is 29.5 Å². The number of halogens is 1. The van der Waals surface area contributed by atoms with Gasteiger partial charge in [0.25, 0.3) is 5.91 Å². The number of aromatic nitrogens is 2. The summed E-state index contributed by atoms with van der Waals surface area (Å²) in [5, 5.41) is 7.83. The molecule has 7 heteroatoms. The number of amides is 1. The van der Waals surface area contributed by atoms with Crippen molar-refractivity contribution in [3.05, 3.63) is 76.5 Å². The fraction of sp³-hybridized carbons (Fsp3) is 0.364. The van der Waals surface area contributed by atoms with Gasteiger partial charge in [-0.25, -0.2) is 4.68 Å². The maximum Gasteiger partial charge on any atom is 0.256 e. The molecule has 2 heterocycles. The predicted molar refractivity (Wildman–Crippen MR) is 114 cm³/mol. The van der Waals surface area contributed by atoms with E-state index in [2.05, 4.69) is 29.2 Å². The lowest BCUT2D eigenvalue weighted by molar-refractivity contribution is 0.0929. The summed E-state index contributed by atoms with van der Waals surface area (Å²) in [6.45, 7) is 8.64. The number of rotatable bonds is 9. The zero-order valence-corrected chi connectivity index (χ0v) is 17.8. The standard InChI is InChI=1S/C22H27ClN4O2/c1-4-26(5-2)18(19-12-9-13-29-19)14-24-22(28)20-16(3)25-27(21(20)23)15-17-10-7-6-8-11-17/h6-13,18H,4-5,14-15H2,1-3H3,(H,24,28). The predicted octanol–water partition coefficient (Wildman–Crippen LogP) is 4.30. The fourth-order valence-electron chi connectivity index (χ4n) is 3.51. The Kier molecular flexibility index (Phi) is 7.12. The highest BCUT2D eigenvalue weighted by Crippen LogP contribution is 2.23. The molecule has 0 saturated carbocycles. The fourth-order valence-corrected chi connectivity index (χ4v) is 3.83. The second kappa shape index (κ2) is 9.76. The Morgan fingerprint density at radius 1 is 1.21 bits per heavy atom. The van der Waals surface area contributed by atoms with Crippen LogP contribution in [0.15, 0.2) is 53.1 Å². The molecule has 1 aromatic carbocycles. The van der Waals surface area contributed by atoms with Crippen molar-refractivity contribution in [1.29, 1.82) is 0 Å². The molecule has 0 fully saturated rings. The van der Waals surface area contributed by atoms with Crippen LogP contribution in [-0.2, 0) is 6.54 Å². The first-order chi connectivity index (χ1) is 14.0. The third-order valence-corrected chi connectivity index (χ3v) is 5.43. The molecular weight excluding hydrogens is 388 g/mol. The molecule has 154 valence electrons. The van der Waals surface area contributed by atoms with E-state index >= 15 is 0 Å². The number of likely N-dealkylation sites (N-methyl/N-ethyl adjacent to an activating group) is 1. The van der Waals surface area contributed by atoms with Gasteiger partial charge in [0, 0.05) is 6.54 Å². The smallest absolute Gasteiger partial charge is 0.256 e. The molecule has 0 bridgehead atoms. The van der Waals surface area contributed by atoms with Gasteiger partial charge >= 0.3 is 0 Å². The Morgan fingerprint density at radius 2 is 1.93 bits per heavy atom. The minimum absolute atomic E-state index is 0.0394. The highest BCUT2D eigenvalue weighted by molar-refractivity contribution is 6.33. The van der Waals surface area contributed by atoms with Crippen LogP contribution < -0.4 is 5.32 Å². The molecular formula is C22H27ClN4O2. The van der Waals surface area contributed by atoms with Crippen LogP contribution in [0.2, 0.25) is 5.15 Å². The molecule has 0 radical (unpaired) electrons. The SMILES string of the molecule is CCN(CC)C(CNC(=O)c1c(C)nn(Cc2ccccc2)c1Cl)c1ccco1. The average Bonchev–Trinajstić information content (AvgIpc) is 3.34. The first-order valence-corrected chi connectivity index (χ1v) is 10.2. The molecule has 1 N–H and O–H groups in total. The van der Waals surface area contributed by atoms with E-state index in [4.69, 9.17) is 16.0 Å². The van der Waals surface area contributed by atoms with Gasteiger partial charge in [0.05, 0.1) is 30.1 Å². The zero-order chi connectivity index (χ0) is 20.8. The molecule has 6 nitrogen and oxygen atoms in total. The molecule has 29 heavy (non-hydrogen) atoms. The van der Waals surface area contributed by atoms with Crippen LogP contribution in [-0.4, -0.2) is 40.2 Å². The van der Waals surface area contributed by atoms with E-state index in [1.165, 1.54) is 0 Å². The minimum atomic E-state index is -0.226. The maximum absolute atomic E-state index is 12.9. The van der Waals surface area contributed by atoms with Crippen LogP contribution in [0.3, 0.4) is 0 Å². The molecule has 1 amide bonds. The number of benzene rings is 1. The van der Waals surface area contributed by atoms with E-state index < -0.39 is 0 Å². The van der Waals surface area contributed by atoms with Crippen LogP contribution in [0, 0.1) is 6.92 Å². The summed E-state index contributed by atoms with van der Waals surface area (Å²) in [5.41, 5.74) is 2.10. The number of aryl methyl sites for hydroxylation is 1. The van der Waals surface area contributed by atoms with Crippen molar-refractivity contribution in [3.8, 4) is 0 Å². The van der Waals surface area contributed by atoms with Gasteiger partial charge < -0.3 is 9.73 Å². The largest absolute Gasteiger partial charge is 0.468 e. The summed E-state index contributed by atoms with van der Waals surface area (Å²) in [4.78, 5) is 15.2. The van der Waals surface area contributed by atoms with Crippen LogP contribution in [0.5, 0.6) is 0 Å². The third kappa shape index (κ3) is 4.89. The third-order valence-electron chi connectivity index (χ3n) is 5.05. The summed E-state index contributed by atoms with van der Waals surface area (Å²) < 4.78 is 7.26. The van der Waals surface area contributed by atoms with E-state index in [9.17, 15) is 4.79 Å².